The monoisotopic (exact) mass is 363 g/mol. The molecule has 0 aromatic heterocycles. The zero-order chi connectivity index (χ0) is 16.5. The lowest BCUT2D eigenvalue weighted by Gasteiger charge is -2.33. The van der Waals surface area contributed by atoms with E-state index < -0.39 is 0 Å². The van der Waals surface area contributed by atoms with Crippen LogP contribution >= 0.6 is 12.4 Å². The summed E-state index contributed by atoms with van der Waals surface area (Å²) in [5.41, 5.74) is 3.12. The zero-order valence-electron chi connectivity index (χ0n) is 14.4. The third-order valence-corrected chi connectivity index (χ3v) is 5.40. The van der Waals surface area contributed by atoms with Gasteiger partial charge in [-0.2, -0.15) is 0 Å². The number of carbonyl (C=O) groups excluding carboxylic acids is 2. The molecule has 0 radical (unpaired) electrons. The van der Waals surface area contributed by atoms with Crippen molar-refractivity contribution in [1.82, 2.24) is 10.2 Å². The van der Waals surface area contributed by atoms with E-state index in [2.05, 4.69) is 16.7 Å². The van der Waals surface area contributed by atoms with E-state index in [-0.39, 0.29) is 36.2 Å². The van der Waals surface area contributed by atoms with Crippen molar-refractivity contribution in [3.05, 3.63) is 29.3 Å². The van der Waals surface area contributed by atoms with Crippen molar-refractivity contribution in [3.63, 3.8) is 0 Å². The molecule has 0 atom stereocenters. The Labute approximate surface area is 154 Å². The number of benzene rings is 1. The van der Waals surface area contributed by atoms with E-state index in [9.17, 15) is 9.59 Å². The van der Waals surface area contributed by atoms with Gasteiger partial charge in [-0.1, -0.05) is 6.07 Å². The number of likely N-dealkylation sites (tertiary alicyclic amines) is 1. The second-order valence-corrected chi connectivity index (χ2v) is 7.21. The fourth-order valence-corrected chi connectivity index (χ4v) is 3.77. The van der Waals surface area contributed by atoms with Gasteiger partial charge in [0.2, 0.25) is 5.91 Å². The smallest absolute Gasteiger partial charge is 0.254 e. The minimum Gasteiger partial charge on any atom is -0.385 e. The summed E-state index contributed by atoms with van der Waals surface area (Å²) in [6.07, 6.45) is 5.84. The lowest BCUT2D eigenvalue weighted by atomic mass is 9.96. The van der Waals surface area contributed by atoms with Gasteiger partial charge in [-0.15, -0.1) is 12.4 Å². The molecule has 0 bridgehead atoms. The first-order valence-electron chi connectivity index (χ1n) is 9.18. The van der Waals surface area contributed by atoms with Crippen LogP contribution in [0.3, 0.4) is 0 Å². The summed E-state index contributed by atoms with van der Waals surface area (Å²) in [4.78, 5) is 26.8. The molecular weight excluding hydrogens is 338 g/mol. The van der Waals surface area contributed by atoms with Crippen LogP contribution in [0.15, 0.2) is 18.2 Å². The van der Waals surface area contributed by atoms with Crippen molar-refractivity contribution in [2.24, 2.45) is 5.92 Å². The van der Waals surface area contributed by atoms with Gasteiger partial charge in [-0.3, -0.25) is 9.59 Å². The highest BCUT2D eigenvalue weighted by atomic mass is 35.5. The van der Waals surface area contributed by atoms with Gasteiger partial charge in [0.05, 0.1) is 0 Å². The van der Waals surface area contributed by atoms with Crippen molar-refractivity contribution >= 4 is 29.9 Å². The van der Waals surface area contributed by atoms with Gasteiger partial charge < -0.3 is 15.5 Å². The van der Waals surface area contributed by atoms with E-state index in [1.165, 1.54) is 0 Å². The average Bonchev–Trinajstić information content (AvgIpc) is 3.46. The van der Waals surface area contributed by atoms with Crippen LogP contribution in [0.4, 0.5) is 5.69 Å². The number of hydrogen-bond acceptors (Lipinski definition) is 3. The number of fused-ring (bicyclic) bond motifs is 1. The van der Waals surface area contributed by atoms with E-state index in [0.717, 1.165) is 75.0 Å². The normalized spacial score (nSPS) is 20.1. The Bertz CT molecular complexity index is 652. The summed E-state index contributed by atoms with van der Waals surface area (Å²) in [7, 11) is 0. The number of hydrogen-bond donors (Lipinski definition) is 2. The number of anilines is 1. The third kappa shape index (κ3) is 3.92. The number of amides is 2. The Balaban J connectivity index is 0.00000182. The summed E-state index contributed by atoms with van der Waals surface area (Å²) in [5, 5.41) is 6.53. The van der Waals surface area contributed by atoms with Crippen LogP contribution in [0.25, 0.3) is 0 Å². The molecule has 1 aromatic carbocycles. The molecule has 1 saturated carbocycles. The van der Waals surface area contributed by atoms with Crippen molar-refractivity contribution in [2.75, 3.05) is 25.0 Å². The van der Waals surface area contributed by atoms with Crippen molar-refractivity contribution in [2.45, 2.75) is 44.6 Å². The Kier molecular flexibility index (Phi) is 5.52. The first kappa shape index (κ1) is 18.1. The Morgan fingerprint density at radius 1 is 1.12 bits per heavy atom. The highest BCUT2D eigenvalue weighted by Gasteiger charge is 2.32. The van der Waals surface area contributed by atoms with Gasteiger partial charge in [0, 0.05) is 42.8 Å². The molecule has 2 aliphatic heterocycles. The standard InChI is InChI=1S/C19H25N3O2.ClH/c23-18(13-6-7-13)21-14-8-11-22(12-9-14)19(24)16-3-1-5-17-15(16)4-2-10-20-17;/h1,3,5,13-14,20H,2,4,6-12H2,(H,21,23);1H. The fourth-order valence-electron chi connectivity index (χ4n) is 3.77. The number of rotatable bonds is 3. The molecule has 6 heteroatoms. The molecule has 136 valence electrons. The van der Waals surface area contributed by atoms with E-state index >= 15 is 0 Å². The molecule has 0 unspecified atom stereocenters. The molecule has 25 heavy (non-hydrogen) atoms. The average molecular weight is 364 g/mol. The van der Waals surface area contributed by atoms with E-state index in [4.69, 9.17) is 0 Å². The molecule has 1 saturated heterocycles. The first-order chi connectivity index (χ1) is 11.7. The fraction of sp³-hybridized carbons (Fsp3) is 0.579. The number of nitrogens with one attached hydrogen (secondary N) is 2. The zero-order valence-corrected chi connectivity index (χ0v) is 15.2. The van der Waals surface area contributed by atoms with E-state index in [0.29, 0.717) is 0 Å². The highest BCUT2D eigenvalue weighted by Crippen LogP contribution is 2.30. The summed E-state index contributed by atoms with van der Waals surface area (Å²) in [6, 6.07) is 6.21. The van der Waals surface area contributed by atoms with Crippen LogP contribution in [0.1, 0.15) is 48.0 Å². The third-order valence-electron chi connectivity index (χ3n) is 5.40. The predicted molar refractivity (Wildman–Crippen MR) is 100 cm³/mol. The summed E-state index contributed by atoms with van der Waals surface area (Å²) in [5.74, 6) is 0.610. The Morgan fingerprint density at radius 3 is 2.60 bits per heavy atom. The molecule has 1 aromatic rings. The number of nitrogens with zero attached hydrogens (tertiary/aromatic N) is 1. The number of halogens is 1. The SMILES string of the molecule is Cl.O=C(NC1CCN(C(=O)c2cccc3c2CCCN3)CC1)C1CC1. The van der Waals surface area contributed by atoms with Crippen LogP contribution in [-0.2, 0) is 11.2 Å². The minimum absolute atomic E-state index is 0. The maximum absolute atomic E-state index is 12.9. The molecule has 2 amide bonds. The van der Waals surface area contributed by atoms with Gasteiger partial charge >= 0.3 is 0 Å². The second kappa shape index (κ2) is 7.65. The lowest BCUT2D eigenvalue weighted by molar-refractivity contribution is -0.123. The van der Waals surface area contributed by atoms with Crippen molar-refractivity contribution in [1.29, 1.82) is 0 Å². The van der Waals surface area contributed by atoms with Crippen LogP contribution in [0.5, 0.6) is 0 Å². The van der Waals surface area contributed by atoms with E-state index in [1.807, 2.05) is 17.0 Å². The topological polar surface area (TPSA) is 61.4 Å². The molecule has 1 aliphatic carbocycles. The van der Waals surface area contributed by atoms with Crippen LogP contribution in [0.2, 0.25) is 0 Å². The van der Waals surface area contributed by atoms with Crippen LogP contribution in [-0.4, -0.2) is 42.4 Å². The molecule has 3 aliphatic rings. The molecule has 2 heterocycles. The Morgan fingerprint density at radius 2 is 1.88 bits per heavy atom. The second-order valence-electron chi connectivity index (χ2n) is 7.21. The van der Waals surface area contributed by atoms with Crippen LogP contribution < -0.4 is 10.6 Å². The summed E-state index contributed by atoms with van der Waals surface area (Å²) in [6.45, 7) is 2.44. The van der Waals surface area contributed by atoms with Gasteiger partial charge in [-0.05, 0) is 56.2 Å². The van der Waals surface area contributed by atoms with E-state index in [1.54, 1.807) is 0 Å². The maximum Gasteiger partial charge on any atom is 0.254 e. The first-order valence-corrected chi connectivity index (χ1v) is 9.18. The highest BCUT2D eigenvalue weighted by molar-refractivity contribution is 5.97. The number of carbonyl (C=O) groups is 2. The molecule has 2 N–H and O–H groups in total. The van der Waals surface area contributed by atoms with Gasteiger partial charge in [0.1, 0.15) is 0 Å². The molecule has 2 fully saturated rings. The maximum atomic E-state index is 12.9. The van der Waals surface area contributed by atoms with Gasteiger partial charge in [0.25, 0.3) is 5.91 Å². The number of piperidine rings is 1. The Hall–Kier alpha value is -1.75. The predicted octanol–water partition coefficient (Wildman–Crippen LogP) is 2.60. The van der Waals surface area contributed by atoms with Gasteiger partial charge in [0.15, 0.2) is 0 Å². The van der Waals surface area contributed by atoms with Crippen molar-refractivity contribution in [3.8, 4) is 0 Å². The summed E-state index contributed by atoms with van der Waals surface area (Å²) < 4.78 is 0. The molecule has 4 rings (SSSR count). The quantitative estimate of drug-likeness (QED) is 0.867. The molecular formula is C19H26ClN3O2. The minimum atomic E-state index is 0. The van der Waals surface area contributed by atoms with Gasteiger partial charge in [-0.25, -0.2) is 0 Å². The van der Waals surface area contributed by atoms with Crippen LogP contribution in [0, 0.1) is 5.92 Å². The largest absolute Gasteiger partial charge is 0.385 e. The molecule has 0 spiro atoms. The van der Waals surface area contributed by atoms with Crippen molar-refractivity contribution < 1.29 is 9.59 Å². The molecule has 5 nitrogen and oxygen atoms in total. The lowest BCUT2D eigenvalue weighted by Crippen LogP contribution is -2.47. The summed E-state index contributed by atoms with van der Waals surface area (Å²) >= 11 is 0.